The van der Waals surface area contributed by atoms with E-state index in [9.17, 15) is 0 Å². The number of benzene rings is 9. The molecule has 9 aromatic carbocycles. The fourth-order valence-electron chi connectivity index (χ4n) is 11.1. The van der Waals surface area contributed by atoms with Crippen molar-refractivity contribution in [2.24, 2.45) is 0 Å². The van der Waals surface area contributed by atoms with Gasteiger partial charge in [-0.1, -0.05) is 170 Å². The predicted molar refractivity (Wildman–Crippen MR) is 272 cm³/mol. The number of aryl methyl sites for hydroxylation is 1. The number of para-hydroxylation sites is 4. The lowest BCUT2D eigenvalue weighted by Crippen LogP contribution is -2.40. The highest BCUT2D eigenvalue weighted by Gasteiger charge is 2.36. The van der Waals surface area contributed by atoms with E-state index in [1.165, 1.54) is 114 Å². The Labute approximate surface area is 383 Å². The Morgan fingerprint density at radius 2 is 1.06 bits per heavy atom. The molecule has 0 aromatic heterocycles. The van der Waals surface area contributed by atoms with Crippen molar-refractivity contribution in [3.63, 3.8) is 0 Å². The summed E-state index contributed by atoms with van der Waals surface area (Å²) in [6.45, 7) is 7.01. The molecule has 2 aliphatic carbocycles. The third kappa shape index (κ3) is 5.68. The van der Waals surface area contributed by atoms with Gasteiger partial charge in [-0.2, -0.15) is 0 Å². The van der Waals surface area contributed by atoms with Crippen LogP contribution in [-0.4, -0.2) is 6.04 Å². The van der Waals surface area contributed by atoms with Crippen molar-refractivity contribution in [1.82, 2.24) is 0 Å². The molecular formula is C60H44N2S2. The van der Waals surface area contributed by atoms with Crippen LogP contribution in [0.5, 0.6) is 0 Å². The highest BCUT2D eigenvalue weighted by atomic mass is 32.2. The van der Waals surface area contributed by atoms with Gasteiger partial charge >= 0.3 is 0 Å². The maximum Gasteiger partial charge on any atom is 0.0601 e. The Morgan fingerprint density at radius 1 is 0.484 bits per heavy atom. The Balaban J connectivity index is 1.13. The third-order valence-corrected chi connectivity index (χ3v) is 16.2. The van der Waals surface area contributed by atoms with E-state index in [2.05, 4.69) is 225 Å². The first kappa shape index (κ1) is 37.8. The summed E-state index contributed by atoms with van der Waals surface area (Å²) in [5, 5.41) is 5.15. The standard InChI is InChI=1S/C60H44N2S2/c1-37-15-14-16-38(33-37)58-44-31-28-41(62-52-21-8-12-25-56(52)64-57-26-13-9-22-53(57)62)36-47(44)59(39-27-30-43-42-17-4-5-18-48(42)60(2,3)49(43)34-39)45-32-29-40(35-46(45)58)61-50-19-6-10-23-54(50)63-55-24-11-7-20-51(55)61/h4-28,30-36,40H,29H2,1-3H3. The summed E-state index contributed by atoms with van der Waals surface area (Å²) in [4.78, 5) is 10.2. The van der Waals surface area contributed by atoms with Gasteiger partial charge in [0.05, 0.1) is 28.8 Å². The van der Waals surface area contributed by atoms with Crippen LogP contribution in [0.2, 0.25) is 0 Å². The number of nitrogens with zero attached hydrogens (tertiary/aromatic N) is 2. The summed E-state index contributed by atoms with van der Waals surface area (Å²) >= 11 is 3.74. The molecule has 0 amide bonds. The smallest absolute Gasteiger partial charge is 0.0601 e. The number of hydrogen-bond donors (Lipinski definition) is 0. The van der Waals surface area contributed by atoms with E-state index in [1.54, 1.807) is 0 Å². The van der Waals surface area contributed by atoms with Crippen LogP contribution in [0.25, 0.3) is 56.3 Å². The van der Waals surface area contributed by atoms with E-state index >= 15 is 0 Å². The fourth-order valence-corrected chi connectivity index (χ4v) is 13.2. The monoisotopic (exact) mass is 856 g/mol. The van der Waals surface area contributed by atoms with Crippen molar-refractivity contribution >= 4 is 74.9 Å². The molecule has 0 fully saturated rings. The number of fused-ring (bicyclic) bond motifs is 9. The van der Waals surface area contributed by atoms with Crippen LogP contribution in [0.4, 0.5) is 28.4 Å². The molecule has 4 aliphatic rings. The fraction of sp³-hybridized carbons (Fsp3) is 0.100. The maximum atomic E-state index is 2.61. The largest absolute Gasteiger partial charge is 0.332 e. The predicted octanol–water partition coefficient (Wildman–Crippen LogP) is 15.4. The third-order valence-electron chi connectivity index (χ3n) is 14.0. The second-order valence-corrected chi connectivity index (χ2v) is 20.2. The molecule has 0 saturated carbocycles. The molecule has 0 N–H and O–H groups in total. The molecule has 2 heterocycles. The molecule has 0 saturated heterocycles. The minimum atomic E-state index is -0.128. The molecule has 2 aliphatic heterocycles. The van der Waals surface area contributed by atoms with Crippen molar-refractivity contribution in [3.8, 4) is 33.4 Å². The zero-order chi connectivity index (χ0) is 42.7. The average molecular weight is 857 g/mol. The van der Waals surface area contributed by atoms with E-state index in [-0.39, 0.29) is 11.5 Å². The summed E-state index contributed by atoms with van der Waals surface area (Å²) in [7, 11) is 0. The molecule has 0 bridgehead atoms. The summed E-state index contributed by atoms with van der Waals surface area (Å²) in [5.74, 6) is 0. The van der Waals surface area contributed by atoms with Crippen LogP contribution < -0.4 is 20.2 Å². The summed E-state index contributed by atoms with van der Waals surface area (Å²) in [6.07, 6.45) is 6.05. The summed E-state index contributed by atoms with van der Waals surface area (Å²) < 4.78 is 0. The average Bonchev–Trinajstić information content (AvgIpc) is 3.56. The molecule has 9 aromatic rings. The van der Waals surface area contributed by atoms with Crippen molar-refractivity contribution in [2.45, 2.75) is 58.2 Å². The minimum Gasteiger partial charge on any atom is -0.332 e. The Hall–Kier alpha value is -6.72. The Bertz CT molecular complexity index is 3470. The van der Waals surface area contributed by atoms with Crippen LogP contribution in [-0.2, 0) is 5.41 Å². The van der Waals surface area contributed by atoms with Gasteiger partial charge in [0.1, 0.15) is 0 Å². The minimum absolute atomic E-state index is 0.108. The lowest BCUT2D eigenvalue weighted by molar-refractivity contribution is 0.660. The molecule has 2 nitrogen and oxygen atoms in total. The first-order valence-corrected chi connectivity index (χ1v) is 24.0. The molecule has 4 heteroatoms. The quantitative estimate of drug-likeness (QED) is 0.174. The molecule has 13 rings (SSSR count). The van der Waals surface area contributed by atoms with E-state index in [0.717, 1.165) is 12.1 Å². The zero-order valence-electron chi connectivity index (χ0n) is 36.0. The topological polar surface area (TPSA) is 6.48 Å². The molecule has 0 spiro atoms. The highest BCUT2D eigenvalue weighted by molar-refractivity contribution is 8.00. The first-order valence-electron chi connectivity index (χ1n) is 22.4. The number of hydrogen-bond acceptors (Lipinski definition) is 4. The van der Waals surface area contributed by atoms with E-state index < -0.39 is 0 Å². The van der Waals surface area contributed by atoms with Crippen molar-refractivity contribution < 1.29 is 0 Å². The zero-order valence-corrected chi connectivity index (χ0v) is 37.6. The van der Waals surface area contributed by atoms with Gasteiger partial charge in [0.2, 0.25) is 0 Å². The van der Waals surface area contributed by atoms with E-state index in [1.807, 2.05) is 23.5 Å². The molecule has 0 radical (unpaired) electrons. The second kappa shape index (κ2) is 14.4. The van der Waals surface area contributed by atoms with Crippen LogP contribution in [0.1, 0.15) is 37.0 Å². The lowest BCUT2D eigenvalue weighted by Gasteiger charge is -2.38. The van der Waals surface area contributed by atoms with Gasteiger partial charge in [-0.3, -0.25) is 0 Å². The van der Waals surface area contributed by atoms with Gasteiger partial charge in [0.15, 0.2) is 0 Å². The second-order valence-electron chi connectivity index (χ2n) is 18.1. The summed E-state index contributed by atoms with van der Waals surface area (Å²) in [5.41, 5.74) is 17.8. The highest BCUT2D eigenvalue weighted by Crippen LogP contribution is 2.54. The SMILES string of the molecule is Cc1cccc(-c2c3c(c(-c4ccc5c(c4)C(C)(C)c4ccccc4-5)c4cc(N5c6ccccc6Sc6ccccc65)ccc24)=CCC(N2c4ccccc4Sc4ccccc42)C=3)c1. The van der Waals surface area contributed by atoms with Crippen molar-refractivity contribution in [1.29, 1.82) is 0 Å². The van der Waals surface area contributed by atoms with Crippen LogP contribution in [0, 0.1) is 6.92 Å². The molecule has 306 valence electrons. The molecule has 64 heavy (non-hydrogen) atoms. The first-order chi connectivity index (χ1) is 31.4. The van der Waals surface area contributed by atoms with Crippen molar-refractivity contribution in [2.75, 3.05) is 9.80 Å². The van der Waals surface area contributed by atoms with Gasteiger partial charge in [-0.25, -0.2) is 0 Å². The van der Waals surface area contributed by atoms with E-state index in [0.29, 0.717) is 0 Å². The van der Waals surface area contributed by atoms with Gasteiger partial charge in [-0.05, 0) is 146 Å². The number of anilines is 5. The normalized spacial score (nSPS) is 16.0. The van der Waals surface area contributed by atoms with Gasteiger partial charge in [0, 0.05) is 30.7 Å². The van der Waals surface area contributed by atoms with Crippen LogP contribution in [0.15, 0.2) is 202 Å². The molecule has 1 atom stereocenters. The van der Waals surface area contributed by atoms with Crippen molar-refractivity contribution in [3.05, 3.63) is 209 Å². The maximum absolute atomic E-state index is 2.61. The Morgan fingerprint density at radius 3 is 1.75 bits per heavy atom. The van der Waals surface area contributed by atoms with Gasteiger partial charge in [0.25, 0.3) is 0 Å². The van der Waals surface area contributed by atoms with Gasteiger partial charge < -0.3 is 9.80 Å². The van der Waals surface area contributed by atoms with Gasteiger partial charge in [-0.15, -0.1) is 0 Å². The lowest BCUT2D eigenvalue weighted by atomic mass is 9.80. The number of rotatable bonds is 4. The molecule has 1 unspecified atom stereocenters. The van der Waals surface area contributed by atoms with Crippen LogP contribution >= 0.6 is 23.5 Å². The van der Waals surface area contributed by atoms with E-state index in [4.69, 9.17) is 0 Å². The molecular weight excluding hydrogens is 813 g/mol. The Kier molecular flexibility index (Phi) is 8.51. The van der Waals surface area contributed by atoms with Crippen LogP contribution in [0.3, 0.4) is 0 Å². The summed E-state index contributed by atoms with van der Waals surface area (Å²) in [6, 6.07) is 68.4.